The number of aromatic nitrogens is 1. The summed E-state index contributed by atoms with van der Waals surface area (Å²) in [5, 5.41) is 0. The summed E-state index contributed by atoms with van der Waals surface area (Å²) in [7, 11) is 0. The summed E-state index contributed by atoms with van der Waals surface area (Å²) in [6.07, 6.45) is 1.69. The molecule has 0 aliphatic carbocycles. The first-order chi connectivity index (χ1) is 9.97. The lowest BCUT2D eigenvalue weighted by molar-refractivity contribution is 0.305. The lowest BCUT2D eigenvalue weighted by Gasteiger charge is -2.12. The van der Waals surface area contributed by atoms with Crippen molar-refractivity contribution in [3.8, 4) is 5.75 Å². The second-order valence-electron chi connectivity index (χ2n) is 5.38. The molecular weight excluding hydrogens is 280 g/mol. The summed E-state index contributed by atoms with van der Waals surface area (Å²) in [5.41, 5.74) is 9.80. The van der Waals surface area contributed by atoms with Gasteiger partial charge in [0.15, 0.2) is 0 Å². The molecule has 0 saturated carbocycles. The average Bonchev–Trinajstić information content (AvgIpc) is 2.45. The lowest BCUT2D eigenvalue weighted by Crippen LogP contribution is -2.12. The second kappa shape index (κ2) is 6.68. The van der Waals surface area contributed by atoms with Gasteiger partial charge in [-0.25, -0.2) is 0 Å². The largest absolute Gasteiger partial charge is 0.489 e. The molecular formula is C17H20N2OS. The minimum atomic E-state index is 0.300. The van der Waals surface area contributed by atoms with Crippen molar-refractivity contribution in [3.05, 3.63) is 58.9 Å². The molecule has 1 aromatic heterocycles. The predicted octanol–water partition coefficient (Wildman–Crippen LogP) is 3.73. The van der Waals surface area contributed by atoms with Crippen LogP contribution < -0.4 is 10.5 Å². The molecule has 0 spiro atoms. The summed E-state index contributed by atoms with van der Waals surface area (Å²) in [4.78, 5) is 4.42. The van der Waals surface area contributed by atoms with Gasteiger partial charge in [-0.05, 0) is 53.8 Å². The van der Waals surface area contributed by atoms with E-state index in [1.165, 1.54) is 11.1 Å². The molecule has 0 saturated heterocycles. The molecule has 0 aliphatic heterocycles. The van der Waals surface area contributed by atoms with Gasteiger partial charge < -0.3 is 10.5 Å². The van der Waals surface area contributed by atoms with E-state index in [2.05, 4.69) is 37.9 Å². The fourth-order valence-corrected chi connectivity index (χ4v) is 2.36. The van der Waals surface area contributed by atoms with Crippen molar-refractivity contribution in [2.75, 3.05) is 0 Å². The Morgan fingerprint density at radius 3 is 2.67 bits per heavy atom. The molecule has 21 heavy (non-hydrogen) atoms. The summed E-state index contributed by atoms with van der Waals surface area (Å²) < 4.78 is 5.83. The Morgan fingerprint density at radius 1 is 1.29 bits per heavy atom. The fourth-order valence-electron chi connectivity index (χ4n) is 2.25. The van der Waals surface area contributed by atoms with Gasteiger partial charge in [0.25, 0.3) is 0 Å². The molecule has 0 radical (unpaired) electrons. The average molecular weight is 300 g/mol. The van der Waals surface area contributed by atoms with Crippen molar-refractivity contribution in [2.45, 2.75) is 33.3 Å². The molecule has 0 aliphatic rings. The maximum absolute atomic E-state index is 5.83. The van der Waals surface area contributed by atoms with Gasteiger partial charge in [-0.15, -0.1) is 0 Å². The molecule has 0 atom stereocenters. The smallest absolute Gasteiger partial charge is 0.122 e. The van der Waals surface area contributed by atoms with Crippen molar-refractivity contribution < 1.29 is 4.74 Å². The van der Waals surface area contributed by atoms with Crippen molar-refractivity contribution in [3.63, 3.8) is 0 Å². The Balaban J connectivity index is 2.08. The number of hydrogen-bond donors (Lipinski definition) is 1. The summed E-state index contributed by atoms with van der Waals surface area (Å²) in [5.74, 6) is 1.39. The molecule has 1 aromatic carbocycles. The van der Waals surface area contributed by atoms with Crippen LogP contribution in [0.5, 0.6) is 5.75 Å². The summed E-state index contributed by atoms with van der Waals surface area (Å²) >= 11 is 4.93. The van der Waals surface area contributed by atoms with Gasteiger partial charge >= 0.3 is 0 Å². The quantitative estimate of drug-likeness (QED) is 0.855. The number of pyridine rings is 1. The van der Waals surface area contributed by atoms with Crippen molar-refractivity contribution in [1.29, 1.82) is 0 Å². The van der Waals surface area contributed by atoms with Crippen LogP contribution in [-0.2, 0) is 6.61 Å². The second-order valence-corrected chi connectivity index (χ2v) is 5.82. The topological polar surface area (TPSA) is 48.1 Å². The Hall–Kier alpha value is -1.94. The van der Waals surface area contributed by atoms with Crippen LogP contribution in [0.15, 0.2) is 36.5 Å². The number of benzene rings is 1. The van der Waals surface area contributed by atoms with Gasteiger partial charge in [-0.3, -0.25) is 4.98 Å². The Bertz CT molecular complexity index is 653. The number of hydrogen-bond acceptors (Lipinski definition) is 3. The number of rotatable bonds is 5. The molecule has 1 heterocycles. The number of aryl methyl sites for hydroxylation is 1. The molecule has 3 nitrogen and oxygen atoms in total. The van der Waals surface area contributed by atoms with Crippen LogP contribution in [0.3, 0.4) is 0 Å². The highest BCUT2D eigenvalue weighted by atomic mass is 32.1. The van der Waals surface area contributed by atoms with Gasteiger partial charge in [-0.2, -0.15) is 0 Å². The fraction of sp³-hybridized carbons (Fsp3) is 0.294. The van der Waals surface area contributed by atoms with Crippen LogP contribution in [0.1, 0.15) is 42.1 Å². The number of thiocarbonyl (C=S) groups is 1. The zero-order valence-electron chi connectivity index (χ0n) is 12.6. The number of ether oxygens (including phenoxy) is 1. The Labute approximate surface area is 131 Å². The van der Waals surface area contributed by atoms with E-state index in [4.69, 9.17) is 22.7 Å². The third-order valence-electron chi connectivity index (χ3n) is 3.35. The van der Waals surface area contributed by atoms with Gasteiger partial charge in [0.1, 0.15) is 17.3 Å². The number of nitrogens with two attached hydrogens (primary N) is 1. The van der Waals surface area contributed by atoms with E-state index in [9.17, 15) is 0 Å². The monoisotopic (exact) mass is 300 g/mol. The molecule has 2 aromatic rings. The van der Waals surface area contributed by atoms with Crippen molar-refractivity contribution in [1.82, 2.24) is 4.98 Å². The highest BCUT2D eigenvalue weighted by molar-refractivity contribution is 7.80. The molecule has 2 N–H and O–H groups in total. The van der Waals surface area contributed by atoms with E-state index in [1.807, 2.05) is 18.2 Å². The molecule has 2 rings (SSSR count). The molecule has 110 valence electrons. The van der Waals surface area contributed by atoms with E-state index < -0.39 is 0 Å². The Morgan fingerprint density at radius 2 is 2.05 bits per heavy atom. The van der Waals surface area contributed by atoms with E-state index in [-0.39, 0.29) is 0 Å². The van der Waals surface area contributed by atoms with E-state index in [1.54, 1.807) is 6.20 Å². The minimum absolute atomic E-state index is 0.300. The first-order valence-electron chi connectivity index (χ1n) is 6.95. The van der Waals surface area contributed by atoms with Crippen LogP contribution in [-0.4, -0.2) is 9.97 Å². The van der Waals surface area contributed by atoms with Crippen LogP contribution in [0, 0.1) is 6.92 Å². The van der Waals surface area contributed by atoms with Crippen LogP contribution in [0.2, 0.25) is 0 Å². The van der Waals surface area contributed by atoms with E-state index in [0.29, 0.717) is 23.2 Å². The predicted molar refractivity (Wildman–Crippen MR) is 89.7 cm³/mol. The van der Waals surface area contributed by atoms with E-state index in [0.717, 1.165) is 11.3 Å². The first kappa shape index (κ1) is 15.4. The van der Waals surface area contributed by atoms with Crippen molar-refractivity contribution >= 4 is 17.2 Å². The van der Waals surface area contributed by atoms with Crippen LogP contribution >= 0.6 is 12.2 Å². The molecule has 0 amide bonds. The van der Waals surface area contributed by atoms with E-state index >= 15 is 0 Å². The van der Waals surface area contributed by atoms with Crippen LogP contribution in [0.25, 0.3) is 0 Å². The molecule has 4 heteroatoms. The summed E-state index contributed by atoms with van der Waals surface area (Å²) in [6.45, 7) is 6.96. The Kier molecular flexibility index (Phi) is 4.91. The van der Waals surface area contributed by atoms with Gasteiger partial charge in [0.2, 0.25) is 0 Å². The van der Waals surface area contributed by atoms with Gasteiger partial charge in [0.05, 0.1) is 5.69 Å². The first-order valence-corrected chi connectivity index (χ1v) is 7.36. The van der Waals surface area contributed by atoms with Gasteiger partial charge in [0, 0.05) is 6.20 Å². The maximum atomic E-state index is 5.83. The maximum Gasteiger partial charge on any atom is 0.122 e. The standard InChI is InChI=1S/C17H20N2OS/c1-11(2)15-5-4-14(8-12(15)3)20-10-13-6-7-19-16(9-13)17(18)21/h4-9,11H,10H2,1-3H3,(H2,18,21). The zero-order valence-corrected chi connectivity index (χ0v) is 13.4. The SMILES string of the molecule is Cc1cc(OCc2ccnc(C(N)=S)c2)ccc1C(C)C. The minimum Gasteiger partial charge on any atom is -0.489 e. The molecule has 0 bridgehead atoms. The molecule has 0 fully saturated rings. The van der Waals surface area contributed by atoms with Crippen molar-refractivity contribution in [2.24, 2.45) is 5.73 Å². The normalized spacial score (nSPS) is 10.7. The van der Waals surface area contributed by atoms with Crippen LogP contribution in [0.4, 0.5) is 0 Å². The zero-order chi connectivity index (χ0) is 15.4. The highest BCUT2D eigenvalue weighted by Crippen LogP contribution is 2.24. The summed E-state index contributed by atoms with van der Waals surface area (Å²) in [6, 6.07) is 9.97. The third-order valence-corrected chi connectivity index (χ3v) is 3.55. The van der Waals surface area contributed by atoms with Gasteiger partial charge in [-0.1, -0.05) is 32.1 Å². The third kappa shape index (κ3) is 4.02. The lowest BCUT2D eigenvalue weighted by atomic mass is 9.98. The highest BCUT2D eigenvalue weighted by Gasteiger charge is 2.05. The number of nitrogens with zero attached hydrogens (tertiary/aromatic N) is 1. The molecule has 0 unspecified atom stereocenters.